The molecule has 0 saturated heterocycles. The fourth-order valence-electron chi connectivity index (χ4n) is 5.43. The van der Waals surface area contributed by atoms with E-state index >= 15 is 0 Å². The molecule has 0 aliphatic carbocycles. The van der Waals surface area contributed by atoms with Gasteiger partial charge in [0.15, 0.2) is 0 Å². The minimum Gasteiger partial charge on any atom is -0.139 e. The standard InChI is InChI=1S/C41H36S5/c1-3-4-5-6-7-32-18-19-34(42-32)35-22-23-38(44-35)39-26-27-41(46-39)40-25-24-37(45-40)36-21-20-33(43-36)31-16-14-30(15-17-31)13-12-29-10-8-28(2)9-11-29/h8-27H,3-7H2,1-2H3/b13-12+. The summed E-state index contributed by atoms with van der Waals surface area (Å²) in [6.45, 7) is 4.40. The highest BCUT2D eigenvalue weighted by molar-refractivity contribution is 7.30. The van der Waals surface area contributed by atoms with Crippen LogP contribution in [0.2, 0.25) is 0 Å². The van der Waals surface area contributed by atoms with Crippen LogP contribution in [0.4, 0.5) is 0 Å². The van der Waals surface area contributed by atoms with Crippen molar-refractivity contribution >= 4 is 68.8 Å². The van der Waals surface area contributed by atoms with Gasteiger partial charge in [-0.2, -0.15) is 0 Å². The minimum absolute atomic E-state index is 1.21. The first kappa shape index (κ1) is 31.3. The molecule has 46 heavy (non-hydrogen) atoms. The molecule has 0 spiro atoms. The first-order valence-electron chi connectivity index (χ1n) is 16.0. The predicted molar refractivity (Wildman–Crippen MR) is 211 cm³/mol. The van der Waals surface area contributed by atoms with Crippen molar-refractivity contribution < 1.29 is 0 Å². The second kappa shape index (κ2) is 14.6. The first-order valence-corrected chi connectivity index (χ1v) is 20.0. The highest BCUT2D eigenvalue weighted by Crippen LogP contribution is 2.45. The largest absolute Gasteiger partial charge is 0.139 e. The van der Waals surface area contributed by atoms with Gasteiger partial charge in [-0.15, -0.1) is 56.7 Å². The molecule has 230 valence electrons. The summed E-state index contributed by atoms with van der Waals surface area (Å²) in [5.41, 5.74) is 5.00. The van der Waals surface area contributed by atoms with Crippen molar-refractivity contribution in [3.8, 4) is 49.5 Å². The second-order valence-electron chi connectivity index (χ2n) is 11.6. The van der Waals surface area contributed by atoms with Crippen LogP contribution < -0.4 is 0 Å². The van der Waals surface area contributed by atoms with Gasteiger partial charge in [0.05, 0.1) is 0 Å². The summed E-state index contributed by atoms with van der Waals surface area (Å²) < 4.78 is 0. The predicted octanol–water partition coefficient (Wildman–Crippen LogP) is 14.9. The summed E-state index contributed by atoms with van der Waals surface area (Å²) in [7, 11) is 0. The van der Waals surface area contributed by atoms with Crippen LogP contribution in [0, 0.1) is 6.92 Å². The monoisotopic (exact) mass is 688 g/mol. The van der Waals surface area contributed by atoms with E-state index < -0.39 is 0 Å². The number of aryl methyl sites for hydroxylation is 2. The first-order chi connectivity index (χ1) is 22.6. The molecule has 0 radical (unpaired) electrons. The fraction of sp³-hybridized carbons (Fsp3) is 0.171. The Labute approximate surface area is 293 Å². The average Bonchev–Trinajstić information content (AvgIpc) is 3.92. The summed E-state index contributed by atoms with van der Waals surface area (Å²) in [6, 6.07) is 40.5. The zero-order valence-corrected chi connectivity index (χ0v) is 30.2. The lowest BCUT2D eigenvalue weighted by molar-refractivity contribution is 0.670. The van der Waals surface area contributed by atoms with E-state index in [1.165, 1.54) is 103 Å². The molecule has 0 aliphatic heterocycles. The Bertz CT molecular complexity index is 2040. The molecule has 0 bridgehead atoms. The molecule has 0 atom stereocenters. The maximum atomic E-state index is 2.33. The van der Waals surface area contributed by atoms with Crippen LogP contribution in [0.3, 0.4) is 0 Å². The zero-order chi connectivity index (χ0) is 31.3. The maximum absolute atomic E-state index is 2.33. The van der Waals surface area contributed by atoms with Crippen LogP contribution in [-0.4, -0.2) is 0 Å². The zero-order valence-electron chi connectivity index (χ0n) is 26.1. The van der Waals surface area contributed by atoms with E-state index in [0.717, 1.165) is 0 Å². The molecule has 0 aliphatic rings. The Morgan fingerprint density at radius 2 is 0.826 bits per heavy atom. The van der Waals surface area contributed by atoms with E-state index in [4.69, 9.17) is 0 Å². The highest BCUT2D eigenvalue weighted by Gasteiger charge is 2.13. The summed E-state index contributed by atoms with van der Waals surface area (Å²) in [4.78, 5) is 13.7. The van der Waals surface area contributed by atoms with Gasteiger partial charge in [0.1, 0.15) is 0 Å². The molecule has 0 amide bonds. The summed E-state index contributed by atoms with van der Waals surface area (Å²) in [5, 5.41) is 0. The Balaban J connectivity index is 0.996. The Morgan fingerprint density at radius 1 is 0.413 bits per heavy atom. The molecule has 7 aromatic rings. The third-order valence-corrected chi connectivity index (χ3v) is 14.4. The average molecular weight is 689 g/mol. The summed E-state index contributed by atoms with van der Waals surface area (Å²) >= 11 is 9.57. The van der Waals surface area contributed by atoms with E-state index in [9.17, 15) is 0 Å². The van der Waals surface area contributed by atoms with Gasteiger partial charge in [-0.25, -0.2) is 0 Å². The van der Waals surface area contributed by atoms with E-state index in [2.05, 4.69) is 135 Å². The Morgan fingerprint density at radius 3 is 1.33 bits per heavy atom. The molecule has 5 heteroatoms. The lowest BCUT2D eigenvalue weighted by atomic mass is 10.1. The van der Waals surface area contributed by atoms with Crippen LogP contribution >= 0.6 is 56.7 Å². The van der Waals surface area contributed by atoms with Crippen molar-refractivity contribution in [3.05, 3.63) is 131 Å². The molecule has 5 heterocycles. The van der Waals surface area contributed by atoms with Crippen LogP contribution in [0.5, 0.6) is 0 Å². The lowest BCUT2D eigenvalue weighted by Crippen LogP contribution is -1.80. The number of unbranched alkanes of at least 4 members (excludes halogenated alkanes) is 3. The van der Waals surface area contributed by atoms with Crippen molar-refractivity contribution in [3.63, 3.8) is 0 Å². The third kappa shape index (κ3) is 7.46. The smallest absolute Gasteiger partial charge is 0.0449 e. The van der Waals surface area contributed by atoms with Gasteiger partial charge in [-0.05, 0) is 97.1 Å². The molecule has 0 unspecified atom stereocenters. The number of thiophene rings is 5. The van der Waals surface area contributed by atoms with Crippen LogP contribution in [0.25, 0.3) is 61.6 Å². The van der Waals surface area contributed by atoms with Crippen molar-refractivity contribution in [1.82, 2.24) is 0 Å². The van der Waals surface area contributed by atoms with Crippen LogP contribution in [0.1, 0.15) is 54.2 Å². The molecular weight excluding hydrogens is 653 g/mol. The van der Waals surface area contributed by atoms with E-state index in [0.29, 0.717) is 0 Å². The summed E-state index contributed by atoms with van der Waals surface area (Å²) in [5.74, 6) is 0. The van der Waals surface area contributed by atoms with Gasteiger partial charge in [-0.1, -0.05) is 92.4 Å². The summed E-state index contributed by atoms with van der Waals surface area (Å²) in [6.07, 6.45) is 10.9. The molecule has 0 saturated carbocycles. The van der Waals surface area contributed by atoms with Gasteiger partial charge in [-0.3, -0.25) is 0 Å². The van der Waals surface area contributed by atoms with Crippen molar-refractivity contribution in [1.29, 1.82) is 0 Å². The second-order valence-corrected chi connectivity index (χ2v) is 17.1. The van der Waals surface area contributed by atoms with Crippen LogP contribution in [0.15, 0.2) is 109 Å². The highest BCUT2D eigenvalue weighted by atomic mass is 32.1. The van der Waals surface area contributed by atoms with Gasteiger partial charge >= 0.3 is 0 Å². The Kier molecular flexibility index (Phi) is 9.95. The van der Waals surface area contributed by atoms with Crippen LogP contribution in [-0.2, 0) is 6.42 Å². The molecular formula is C41H36S5. The fourth-order valence-corrected chi connectivity index (χ4v) is 10.9. The molecule has 2 aromatic carbocycles. The molecule has 0 nitrogen and oxygen atoms in total. The van der Waals surface area contributed by atoms with E-state index in [1.54, 1.807) is 0 Å². The Hall–Kier alpha value is -3.32. The van der Waals surface area contributed by atoms with Crippen molar-refractivity contribution in [2.24, 2.45) is 0 Å². The molecule has 7 rings (SSSR count). The number of benzene rings is 2. The number of hydrogen-bond donors (Lipinski definition) is 0. The lowest BCUT2D eigenvalue weighted by Gasteiger charge is -1.99. The number of hydrogen-bond acceptors (Lipinski definition) is 5. The van der Waals surface area contributed by atoms with Gasteiger partial charge in [0, 0.05) is 48.8 Å². The molecule has 0 fully saturated rings. The quantitative estimate of drug-likeness (QED) is 0.0885. The number of rotatable bonds is 12. The van der Waals surface area contributed by atoms with Gasteiger partial charge in [0.2, 0.25) is 0 Å². The molecule has 5 aromatic heterocycles. The topological polar surface area (TPSA) is 0 Å². The minimum atomic E-state index is 1.21. The molecule has 0 N–H and O–H groups in total. The van der Waals surface area contributed by atoms with E-state index in [1.807, 2.05) is 56.7 Å². The van der Waals surface area contributed by atoms with Crippen molar-refractivity contribution in [2.75, 3.05) is 0 Å². The normalized spacial score (nSPS) is 11.6. The van der Waals surface area contributed by atoms with Crippen molar-refractivity contribution in [2.45, 2.75) is 46.0 Å². The van der Waals surface area contributed by atoms with Gasteiger partial charge in [0.25, 0.3) is 0 Å². The maximum Gasteiger partial charge on any atom is 0.0449 e. The van der Waals surface area contributed by atoms with Gasteiger partial charge < -0.3 is 0 Å². The third-order valence-electron chi connectivity index (χ3n) is 8.07. The van der Waals surface area contributed by atoms with E-state index in [-0.39, 0.29) is 0 Å². The SMILES string of the molecule is CCCCCCc1ccc(-c2ccc(-c3ccc(-c4ccc(-c5ccc(-c6ccc(/C=C/c7ccc(C)cc7)cc6)s5)s4)s3)s2)s1.